The first-order chi connectivity index (χ1) is 17.1. The van der Waals surface area contributed by atoms with Gasteiger partial charge < -0.3 is 4.74 Å². The molecule has 0 spiro atoms. The lowest BCUT2D eigenvalue weighted by Crippen LogP contribution is -2.24. The van der Waals surface area contributed by atoms with Gasteiger partial charge in [-0.05, 0) is 78.3 Å². The Morgan fingerprint density at radius 2 is 1.46 bits per heavy atom. The lowest BCUT2D eigenvalue weighted by molar-refractivity contribution is 0.0161. The van der Waals surface area contributed by atoms with Gasteiger partial charge in [0.1, 0.15) is 6.10 Å². The lowest BCUT2D eigenvalue weighted by Gasteiger charge is -2.28. The number of hydrogen-bond acceptors (Lipinski definition) is 2. The molecular weight excluding hydrogens is 428 g/mol. The first-order valence-corrected chi connectivity index (χ1v) is 13.2. The van der Waals surface area contributed by atoms with E-state index >= 15 is 0 Å². The highest BCUT2D eigenvalue weighted by Gasteiger charge is 2.23. The first kappa shape index (κ1) is 25.0. The van der Waals surface area contributed by atoms with Crippen molar-refractivity contribution in [3.05, 3.63) is 107 Å². The predicted molar refractivity (Wildman–Crippen MR) is 146 cm³/mol. The van der Waals surface area contributed by atoms with E-state index in [0.717, 1.165) is 30.7 Å². The van der Waals surface area contributed by atoms with Crippen LogP contribution in [0.1, 0.15) is 90.9 Å². The fourth-order valence-corrected chi connectivity index (χ4v) is 5.11. The molecule has 4 rings (SSSR count). The Bertz CT molecular complexity index is 1070. The molecule has 0 unspecified atom stereocenters. The summed E-state index contributed by atoms with van der Waals surface area (Å²) in [6.45, 7) is 4.52. The van der Waals surface area contributed by atoms with Gasteiger partial charge in [0.15, 0.2) is 0 Å². The zero-order chi connectivity index (χ0) is 24.5. The molecule has 2 heteroatoms. The minimum atomic E-state index is -0.195. The standard InChI is InChI=1S/C33H38O2/c1-3-7-26-18-22-32(23-19-26)35-33(34)31-20-16-28(17-21-31)11-10-27-12-14-29(15-13-27)24-25(2)30-8-5-4-6-9-30/h4-6,8-17,20-21,25-26,32H,3,7,18-19,22-24H2,1-2H3/t25-,26?,32?/m0/s1. The average Bonchev–Trinajstić information content (AvgIpc) is 2.90. The molecule has 0 aromatic heterocycles. The van der Waals surface area contributed by atoms with Crippen molar-refractivity contribution < 1.29 is 9.53 Å². The van der Waals surface area contributed by atoms with E-state index in [1.54, 1.807) is 0 Å². The number of ether oxygens (including phenoxy) is 1. The van der Waals surface area contributed by atoms with Gasteiger partial charge in [-0.15, -0.1) is 0 Å². The van der Waals surface area contributed by atoms with Crippen LogP contribution in [0.4, 0.5) is 0 Å². The molecule has 0 aliphatic heterocycles. The summed E-state index contributed by atoms with van der Waals surface area (Å²) in [5.41, 5.74) is 5.60. The molecule has 0 saturated heterocycles. The topological polar surface area (TPSA) is 26.3 Å². The molecule has 35 heavy (non-hydrogen) atoms. The number of hydrogen-bond donors (Lipinski definition) is 0. The van der Waals surface area contributed by atoms with Gasteiger partial charge in [-0.2, -0.15) is 0 Å². The molecule has 0 amide bonds. The van der Waals surface area contributed by atoms with Gasteiger partial charge >= 0.3 is 5.97 Å². The van der Waals surface area contributed by atoms with Crippen LogP contribution >= 0.6 is 0 Å². The highest BCUT2D eigenvalue weighted by molar-refractivity contribution is 5.90. The summed E-state index contributed by atoms with van der Waals surface area (Å²) in [7, 11) is 0. The smallest absolute Gasteiger partial charge is 0.338 e. The van der Waals surface area contributed by atoms with Gasteiger partial charge in [0.25, 0.3) is 0 Å². The Hall–Kier alpha value is -3.13. The maximum Gasteiger partial charge on any atom is 0.338 e. The van der Waals surface area contributed by atoms with E-state index in [-0.39, 0.29) is 12.1 Å². The van der Waals surface area contributed by atoms with Gasteiger partial charge in [-0.3, -0.25) is 0 Å². The summed E-state index contributed by atoms with van der Waals surface area (Å²) < 4.78 is 5.78. The van der Waals surface area contributed by atoms with E-state index in [4.69, 9.17) is 4.74 Å². The van der Waals surface area contributed by atoms with Crippen LogP contribution in [0.25, 0.3) is 12.2 Å². The third-order valence-electron chi connectivity index (χ3n) is 7.27. The molecule has 1 saturated carbocycles. The van der Waals surface area contributed by atoms with Crippen molar-refractivity contribution in [2.45, 2.75) is 70.8 Å². The predicted octanol–water partition coefficient (Wildman–Crippen LogP) is 8.72. The minimum Gasteiger partial charge on any atom is -0.459 e. The van der Waals surface area contributed by atoms with Crippen LogP contribution < -0.4 is 0 Å². The Labute approximate surface area is 211 Å². The van der Waals surface area contributed by atoms with Gasteiger partial charge in [0.05, 0.1) is 5.56 Å². The van der Waals surface area contributed by atoms with Gasteiger partial charge in [-0.25, -0.2) is 4.79 Å². The summed E-state index contributed by atoms with van der Waals surface area (Å²) in [6.07, 6.45) is 12.2. The number of esters is 1. The fraction of sp³-hybridized carbons (Fsp3) is 0.364. The van der Waals surface area contributed by atoms with Crippen LogP contribution in [0.2, 0.25) is 0 Å². The van der Waals surface area contributed by atoms with E-state index in [1.165, 1.54) is 42.4 Å². The van der Waals surface area contributed by atoms with Crippen LogP contribution in [0.15, 0.2) is 78.9 Å². The van der Waals surface area contributed by atoms with Crippen LogP contribution in [-0.4, -0.2) is 12.1 Å². The van der Waals surface area contributed by atoms with Crippen molar-refractivity contribution in [1.82, 2.24) is 0 Å². The second-order valence-electron chi connectivity index (χ2n) is 10.0. The quantitative estimate of drug-likeness (QED) is 0.233. The average molecular weight is 467 g/mol. The summed E-state index contributed by atoms with van der Waals surface area (Å²) in [5.74, 6) is 1.12. The van der Waals surface area contributed by atoms with Crippen molar-refractivity contribution >= 4 is 18.1 Å². The van der Waals surface area contributed by atoms with Crippen LogP contribution in [0.3, 0.4) is 0 Å². The van der Waals surface area contributed by atoms with E-state index in [0.29, 0.717) is 11.5 Å². The zero-order valence-corrected chi connectivity index (χ0v) is 21.2. The fourth-order valence-electron chi connectivity index (χ4n) is 5.11. The first-order valence-electron chi connectivity index (χ1n) is 13.2. The molecule has 0 heterocycles. The van der Waals surface area contributed by atoms with E-state index < -0.39 is 0 Å². The minimum absolute atomic E-state index is 0.0776. The summed E-state index contributed by atoms with van der Waals surface area (Å²) in [4.78, 5) is 12.6. The molecule has 1 fully saturated rings. The molecule has 3 aromatic carbocycles. The summed E-state index contributed by atoms with van der Waals surface area (Å²) in [6, 6.07) is 27.2. The molecular formula is C33H38O2. The maximum atomic E-state index is 12.6. The Balaban J connectivity index is 1.27. The monoisotopic (exact) mass is 466 g/mol. The van der Waals surface area contributed by atoms with Gasteiger partial charge in [0, 0.05) is 0 Å². The lowest BCUT2D eigenvalue weighted by atomic mass is 9.85. The normalized spacial score (nSPS) is 18.9. The SMILES string of the molecule is CCCC1CCC(OC(=O)c2ccc(C=Cc3ccc(C[C@H](C)c4ccccc4)cc3)cc2)CC1. The molecule has 0 N–H and O–H groups in total. The molecule has 182 valence electrons. The van der Waals surface area contributed by atoms with Gasteiger partial charge in [-0.1, -0.05) is 106 Å². The molecule has 0 radical (unpaired) electrons. The van der Waals surface area contributed by atoms with Gasteiger partial charge in [0.2, 0.25) is 0 Å². The Morgan fingerprint density at radius 3 is 2.06 bits per heavy atom. The third-order valence-corrected chi connectivity index (χ3v) is 7.27. The van der Waals surface area contributed by atoms with Crippen molar-refractivity contribution in [3.8, 4) is 0 Å². The number of carbonyl (C=O) groups is 1. The molecule has 0 bridgehead atoms. The summed E-state index contributed by atoms with van der Waals surface area (Å²) >= 11 is 0. The molecule has 3 aromatic rings. The van der Waals surface area contributed by atoms with E-state index in [9.17, 15) is 4.79 Å². The maximum absolute atomic E-state index is 12.6. The van der Waals surface area contributed by atoms with Crippen LogP contribution in [-0.2, 0) is 11.2 Å². The molecule has 1 aliphatic carbocycles. The van der Waals surface area contributed by atoms with Crippen molar-refractivity contribution in [1.29, 1.82) is 0 Å². The molecule has 2 nitrogen and oxygen atoms in total. The molecule has 1 atom stereocenters. The number of rotatable bonds is 9. The summed E-state index contributed by atoms with van der Waals surface area (Å²) in [5, 5.41) is 0. The van der Waals surface area contributed by atoms with Crippen LogP contribution in [0, 0.1) is 5.92 Å². The highest BCUT2D eigenvalue weighted by atomic mass is 16.5. The van der Waals surface area contributed by atoms with E-state index in [1.807, 2.05) is 24.3 Å². The van der Waals surface area contributed by atoms with Crippen molar-refractivity contribution in [3.63, 3.8) is 0 Å². The van der Waals surface area contributed by atoms with Crippen LogP contribution in [0.5, 0.6) is 0 Å². The zero-order valence-electron chi connectivity index (χ0n) is 21.2. The number of benzene rings is 3. The Kier molecular flexibility index (Phi) is 8.95. The number of carbonyl (C=O) groups excluding carboxylic acids is 1. The second-order valence-corrected chi connectivity index (χ2v) is 10.0. The largest absolute Gasteiger partial charge is 0.459 e. The second kappa shape index (κ2) is 12.5. The van der Waals surface area contributed by atoms with Crippen molar-refractivity contribution in [2.24, 2.45) is 5.92 Å². The Morgan fingerprint density at radius 1 is 0.857 bits per heavy atom. The van der Waals surface area contributed by atoms with E-state index in [2.05, 4.69) is 80.6 Å². The van der Waals surface area contributed by atoms with Crippen molar-refractivity contribution in [2.75, 3.05) is 0 Å². The highest BCUT2D eigenvalue weighted by Crippen LogP contribution is 2.30. The molecule has 1 aliphatic rings. The third kappa shape index (κ3) is 7.42.